The molecule has 9 heteroatoms. The van der Waals surface area contributed by atoms with Gasteiger partial charge in [0.1, 0.15) is 5.60 Å². The first-order valence-corrected chi connectivity index (χ1v) is 18.0. The van der Waals surface area contributed by atoms with E-state index < -0.39 is 44.0 Å². The Kier molecular flexibility index (Phi) is 12.6. The van der Waals surface area contributed by atoms with Crippen molar-refractivity contribution in [1.82, 2.24) is 10.6 Å². The standard InChI is InChI=1S/C34H52N2O6Si/c1-23(2)35-30(37)26-18-16-25(17-19-26)20-27(31(38)39)22-29(42-43(9,10)34(6,7)8)28(21-24-14-12-11-13-15-24)36-32(40)41-33(3,4)5/h11-19,23,27-29H,20-22H2,1-10H3,(H,35,37)(H,36,40)(H,38,39)/t27-,28+,29+/m1/s1. The summed E-state index contributed by atoms with van der Waals surface area (Å²) in [7, 11) is -2.40. The summed E-state index contributed by atoms with van der Waals surface area (Å²) in [6.07, 6.45) is -0.274. The summed E-state index contributed by atoms with van der Waals surface area (Å²) in [5.41, 5.74) is 1.63. The number of alkyl carbamates (subject to hydrolysis) is 1. The smallest absolute Gasteiger partial charge is 0.407 e. The monoisotopic (exact) mass is 612 g/mol. The number of hydrogen-bond donors (Lipinski definition) is 3. The lowest BCUT2D eigenvalue weighted by molar-refractivity contribution is -0.142. The third-order valence-corrected chi connectivity index (χ3v) is 12.2. The largest absolute Gasteiger partial charge is 0.481 e. The number of carbonyl (C=O) groups is 3. The van der Waals surface area contributed by atoms with Crippen LogP contribution < -0.4 is 10.6 Å². The van der Waals surface area contributed by atoms with Crippen molar-refractivity contribution in [2.24, 2.45) is 5.92 Å². The minimum absolute atomic E-state index is 0.0134. The third kappa shape index (κ3) is 12.2. The molecule has 0 aromatic heterocycles. The maximum atomic E-state index is 13.1. The molecule has 0 saturated heterocycles. The Morgan fingerprint density at radius 2 is 1.40 bits per heavy atom. The number of aliphatic carboxylic acids is 1. The maximum Gasteiger partial charge on any atom is 0.407 e. The molecule has 0 aliphatic heterocycles. The second-order valence-electron chi connectivity index (χ2n) is 14.2. The van der Waals surface area contributed by atoms with Gasteiger partial charge in [-0.15, -0.1) is 0 Å². The summed E-state index contributed by atoms with van der Waals surface area (Å²) in [5, 5.41) is 16.1. The fraction of sp³-hybridized carbons (Fsp3) is 0.559. The highest BCUT2D eigenvalue weighted by molar-refractivity contribution is 6.74. The predicted octanol–water partition coefficient (Wildman–Crippen LogP) is 6.98. The van der Waals surface area contributed by atoms with Crippen molar-refractivity contribution in [3.63, 3.8) is 0 Å². The van der Waals surface area contributed by atoms with Gasteiger partial charge in [0.05, 0.1) is 18.1 Å². The molecular weight excluding hydrogens is 560 g/mol. The number of nitrogens with one attached hydrogen (secondary N) is 2. The highest BCUT2D eigenvalue weighted by Gasteiger charge is 2.42. The first-order chi connectivity index (χ1) is 19.8. The molecule has 3 N–H and O–H groups in total. The van der Waals surface area contributed by atoms with Crippen molar-refractivity contribution in [3.05, 3.63) is 71.3 Å². The van der Waals surface area contributed by atoms with Crippen LogP contribution in [0.2, 0.25) is 18.1 Å². The fourth-order valence-corrected chi connectivity index (χ4v) is 5.80. The van der Waals surface area contributed by atoms with Crippen molar-refractivity contribution in [1.29, 1.82) is 0 Å². The lowest BCUT2D eigenvalue weighted by Crippen LogP contribution is -2.54. The zero-order valence-corrected chi connectivity index (χ0v) is 28.6. The molecule has 0 radical (unpaired) electrons. The van der Waals surface area contributed by atoms with Gasteiger partial charge in [0.15, 0.2) is 8.32 Å². The Labute approximate surface area is 259 Å². The van der Waals surface area contributed by atoms with Crippen molar-refractivity contribution >= 4 is 26.3 Å². The molecule has 2 amide bonds. The summed E-state index contributed by atoms with van der Waals surface area (Å²) in [6, 6.07) is 16.3. The van der Waals surface area contributed by atoms with Crippen LogP contribution in [0, 0.1) is 5.92 Å². The van der Waals surface area contributed by atoms with Crippen LogP contribution in [-0.2, 0) is 26.8 Å². The summed E-state index contributed by atoms with van der Waals surface area (Å²) in [6.45, 7) is 19.9. The first kappa shape index (κ1) is 36.0. The zero-order valence-electron chi connectivity index (χ0n) is 27.6. The number of ether oxygens (including phenoxy) is 1. The lowest BCUT2D eigenvalue weighted by atomic mass is 9.89. The van der Waals surface area contributed by atoms with Gasteiger partial charge in [0, 0.05) is 11.6 Å². The van der Waals surface area contributed by atoms with Gasteiger partial charge in [-0.2, -0.15) is 0 Å². The number of amides is 2. The molecule has 0 aliphatic rings. The van der Waals surface area contributed by atoms with Crippen LogP contribution in [0.4, 0.5) is 4.79 Å². The molecule has 0 heterocycles. The molecule has 2 aromatic carbocycles. The highest BCUT2D eigenvalue weighted by Crippen LogP contribution is 2.39. The van der Waals surface area contributed by atoms with Gasteiger partial charge < -0.3 is 24.9 Å². The number of carboxylic acids is 1. The second kappa shape index (κ2) is 15.0. The van der Waals surface area contributed by atoms with Crippen molar-refractivity contribution < 1.29 is 28.7 Å². The normalized spacial score (nSPS) is 14.5. The minimum Gasteiger partial charge on any atom is -0.481 e. The van der Waals surface area contributed by atoms with Crippen LogP contribution in [0.15, 0.2) is 54.6 Å². The molecule has 0 aliphatic carbocycles. The summed E-state index contributed by atoms with van der Waals surface area (Å²) < 4.78 is 12.5. The Morgan fingerprint density at radius 3 is 1.88 bits per heavy atom. The number of rotatable bonds is 13. The number of carbonyl (C=O) groups excluding carboxylic acids is 2. The first-order valence-electron chi connectivity index (χ1n) is 15.1. The van der Waals surface area contributed by atoms with Gasteiger partial charge in [-0.3, -0.25) is 9.59 Å². The van der Waals surface area contributed by atoms with Crippen LogP contribution in [0.1, 0.15) is 83.3 Å². The van der Waals surface area contributed by atoms with E-state index in [1.165, 1.54) is 0 Å². The van der Waals surface area contributed by atoms with Gasteiger partial charge in [-0.25, -0.2) is 4.79 Å². The van der Waals surface area contributed by atoms with E-state index in [-0.39, 0.29) is 29.8 Å². The van der Waals surface area contributed by atoms with Crippen LogP contribution in [0.25, 0.3) is 0 Å². The molecule has 0 spiro atoms. The van der Waals surface area contributed by atoms with Crippen LogP contribution in [0.5, 0.6) is 0 Å². The van der Waals surface area contributed by atoms with Gasteiger partial charge in [0.2, 0.25) is 0 Å². The zero-order chi connectivity index (χ0) is 32.6. The van der Waals surface area contributed by atoms with E-state index in [1.807, 2.05) is 44.2 Å². The molecular formula is C34H52N2O6Si. The number of benzene rings is 2. The van der Waals surface area contributed by atoms with E-state index in [0.29, 0.717) is 12.0 Å². The highest BCUT2D eigenvalue weighted by atomic mass is 28.4. The van der Waals surface area contributed by atoms with E-state index >= 15 is 0 Å². The van der Waals surface area contributed by atoms with E-state index in [4.69, 9.17) is 9.16 Å². The second-order valence-corrected chi connectivity index (χ2v) is 18.9. The molecule has 0 fully saturated rings. The van der Waals surface area contributed by atoms with Crippen molar-refractivity contribution in [2.75, 3.05) is 0 Å². The molecule has 2 aromatic rings. The van der Waals surface area contributed by atoms with Gasteiger partial charge in [0.25, 0.3) is 5.91 Å². The maximum absolute atomic E-state index is 13.1. The molecule has 0 saturated carbocycles. The predicted molar refractivity (Wildman–Crippen MR) is 174 cm³/mol. The van der Waals surface area contributed by atoms with Gasteiger partial charge in [-0.05, 0) is 95.3 Å². The van der Waals surface area contributed by atoms with Crippen LogP contribution in [-0.4, -0.2) is 55.2 Å². The summed E-state index contributed by atoms with van der Waals surface area (Å²) in [5.74, 6) is -1.90. The minimum atomic E-state index is -2.40. The molecule has 0 unspecified atom stereocenters. The third-order valence-electron chi connectivity index (χ3n) is 7.69. The Bertz CT molecular complexity index is 1200. The van der Waals surface area contributed by atoms with E-state index in [0.717, 1.165) is 11.1 Å². The quantitative estimate of drug-likeness (QED) is 0.210. The Morgan fingerprint density at radius 1 is 0.837 bits per heavy atom. The SMILES string of the molecule is CC(C)NC(=O)c1ccc(C[C@H](C[C@H](O[Si](C)(C)C(C)(C)C)[C@H](Cc2ccccc2)NC(=O)OC(C)(C)C)C(=O)O)cc1. The topological polar surface area (TPSA) is 114 Å². The van der Waals surface area contributed by atoms with Crippen LogP contribution >= 0.6 is 0 Å². The summed E-state index contributed by atoms with van der Waals surface area (Å²) >= 11 is 0. The fourth-order valence-electron chi connectivity index (χ4n) is 4.43. The molecule has 238 valence electrons. The van der Waals surface area contributed by atoms with Crippen LogP contribution in [0.3, 0.4) is 0 Å². The average Bonchev–Trinajstić information content (AvgIpc) is 2.86. The average molecular weight is 613 g/mol. The Hall–Kier alpha value is -3.17. The molecule has 3 atom stereocenters. The molecule has 0 bridgehead atoms. The molecule has 2 rings (SSSR count). The van der Waals surface area contributed by atoms with E-state index in [9.17, 15) is 19.5 Å². The number of carboxylic acid groups (broad SMARTS) is 1. The van der Waals surface area contributed by atoms with Crippen molar-refractivity contribution in [3.8, 4) is 0 Å². The van der Waals surface area contributed by atoms with E-state index in [1.54, 1.807) is 45.0 Å². The molecule has 8 nitrogen and oxygen atoms in total. The number of hydrogen-bond acceptors (Lipinski definition) is 5. The summed E-state index contributed by atoms with van der Waals surface area (Å²) in [4.78, 5) is 38.1. The van der Waals surface area contributed by atoms with Gasteiger partial charge in [-0.1, -0.05) is 63.2 Å². The van der Waals surface area contributed by atoms with Gasteiger partial charge >= 0.3 is 12.1 Å². The Balaban J connectivity index is 2.45. The van der Waals surface area contributed by atoms with Crippen molar-refractivity contribution in [2.45, 2.75) is 117 Å². The molecule has 43 heavy (non-hydrogen) atoms. The van der Waals surface area contributed by atoms with E-state index in [2.05, 4.69) is 44.5 Å². The lowest BCUT2D eigenvalue weighted by Gasteiger charge is -2.42.